The number of carbonyl (C=O) groups is 1. The van der Waals surface area contributed by atoms with Crippen LogP contribution in [0.15, 0.2) is 0 Å². The Bertz CT molecular complexity index is 516. The monoisotopic (exact) mass is 349 g/mol. The average molecular weight is 350 g/mol. The third-order valence-electron chi connectivity index (χ3n) is 6.74. The van der Waals surface area contributed by atoms with Gasteiger partial charge in [0.15, 0.2) is 5.78 Å². The summed E-state index contributed by atoms with van der Waals surface area (Å²) >= 11 is 0. The van der Waals surface area contributed by atoms with Crippen molar-refractivity contribution in [3.8, 4) is 0 Å². The Kier molecular flexibility index (Phi) is 4.88. The van der Waals surface area contributed by atoms with Gasteiger partial charge in [-0.2, -0.15) is 0 Å². The SMILES string of the molecule is CC(C)C1C2C3CCNCC3NC2N(C(C)(C)C)C1C(=O)C(C)(C)C. The first-order valence-electron chi connectivity index (χ1n) is 10.2. The van der Waals surface area contributed by atoms with E-state index >= 15 is 0 Å². The standard InChI is InChI=1S/C21H39N3O/c1-12(2)15-16-13-9-10-22-11-14(13)23-19(16)24(21(6,7)8)17(15)18(25)20(3,4)5/h12-17,19,22-23H,9-11H2,1-8H3. The highest BCUT2D eigenvalue weighted by molar-refractivity contribution is 5.89. The smallest absolute Gasteiger partial charge is 0.155 e. The number of piperidine rings is 1. The lowest BCUT2D eigenvalue weighted by Crippen LogP contribution is -2.59. The maximum atomic E-state index is 13.5. The van der Waals surface area contributed by atoms with Crippen LogP contribution < -0.4 is 10.6 Å². The van der Waals surface area contributed by atoms with Crippen LogP contribution in [-0.4, -0.2) is 47.6 Å². The maximum absolute atomic E-state index is 13.5. The van der Waals surface area contributed by atoms with Gasteiger partial charge in [0.1, 0.15) is 0 Å². The number of fused-ring (bicyclic) bond motifs is 3. The fraction of sp³-hybridized carbons (Fsp3) is 0.952. The molecule has 0 spiro atoms. The Morgan fingerprint density at radius 2 is 1.76 bits per heavy atom. The van der Waals surface area contributed by atoms with Gasteiger partial charge in [0, 0.05) is 23.5 Å². The van der Waals surface area contributed by atoms with E-state index in [2.05, 4.69) is 70.9 Å². The van der Waals surface area contributed by atoms with Gasteiger partial charge in [-0.3, -0.25) is 15.0 Å². The molecule has 3 rings (SSSR count). The fourth-order valence-corrected chi connectivity index (χ4v) is 5.81. The van der Waals surface area contributed by atoms with E-state index in [4.69, 9.17) is 0 Å². The molecule has 0 aromatic heterocycles. The number of hydrogen-bond donors (Lipinski definition) is 2. The molecule has 6 atom stereocenters. The van der Waals surface area contributed by atoms with Gasteiger partial charge in [0.25, 0.3) is 0 Å². The average Bonchev–Trinajstić information content (AvgIpc) is 2.97. The minimum atomic E-state index is -0.298. The lowest BCUT2D eigenvalue weighted by molar-refractivity contribution is -0.136. The summed E-state index contributed by atoms with van der Waals surface area (Å²) in [6.07, 6.45) is 1.56. The summed E-state index contributed by atoms with van der Waals surface area (Å²) in [5.74, 6) is 2.66. The van der Waals surface area contributed by atoms with Crippen LogP contribution in [0.1, 0.15) is 61.8 Å². The number of rotatable bonds is 2. The third-order valence-corrected chi connectivity index (χ3v) is 6.74. The van der Waals surface area contributed by atoms with Crippen molar-refractivity contribution in [2.24, 2.45) is 29.1 Å². The first kappa shape index (κ1) is 19.3. The van der Waals surface area contributed by atoms with Crippen LogP contribution in [0.2, 0.25) is 0 Å². The van der Waals surface area contributed by atoms with Crippen molar-refractivity contribution < 1.29 is 4.79 Å². The van der Waals surface area contributed by atoms with Gasteiger partial charge in [-0.15, -0.1) is 0 Å². The Hall–Kier alpha value is -0.450. The van der Waals surface area contributed by atoms with Crippen molar-refractivity contribution in [1.82, 2.24) is 15.5 Å². The molecule has 0 aromatic carbocycles. The largest absolute Gasteiger partial charge is 0.315 e. The van der Waals surface area contributed by atoms with E-state index in [1.54, 1.807) is 0 Å². The third kappa shape index (κ3) is 3.19. The Labute approximate surface area is 154 Å². The van der Waals surface area contributed by atoms with Gasteiger partial charge in [0.2, 0.25) is 0 Å². The maximum Gasteiger partial charge on any atom is 0.155 e. The summed E-state index contributed by atoms with van der Waals surface area (Å²) < 4.78 is 0. The first-order chi connectivity index (χ1) is 11.4. The van der Waals surface area contributed by atoms with Crippen LogP contribution in [0.25, 0.3) is 0 Å². The molecule has 144 valence electrons. The van der Waals surface area contributed by atoms with Crippen molar-refractivity contribution in [1.29, 1.82) is 0 Å². The van der Waals surface area contributed by atoms with Gasteiger partial charge >= 0.3 is 0 Å². The van der Waals surface area contributed by atoms with Crippen molar-refractivity contribution in [3.05, 3.63) is 0 Å². The van der Waals surface area contributed by atoms with E-state index in [9.17, 15) is 4.79 Å². The summed E-state index contributed by atoms with van der Waals surface area (Å²) in [4.78, 5) is 16.1. The molecule has 3 aliphatic heterocycles. The second kappa shape index (κ2) is 6.31. The number of nitrogens with one attached hydrogen (secondary N) is 2. The van der Waals surface area contributed by atoms with Crippen molar-refractivity contribution in [2.45, 2.75) is 85.6 Å². The summed E-state index contributed by atoms with van der Waals surface area (Å²) in [7, 11) is 0. The molecule has 3 fully saturated rings. The highest BCUT2D eigenvalue weighted by Crippen LogP contribution is 2.52. The van der Waals surface area contributed by atoms with Gasteiger partial charge in [0.05, 0.1) is 12.2 Å². The van der Waals surface area contributed by atoms with Crippen molar-refractivity contribution >= 4 is 5.78 Å². The number of ketones is 1. The second-order valence-corrected chi connectivity index (χ2v) is 10.9. The normalized spacial score (nSPS) is 39.6. The zero-order valence-electron chi connectivity index (χ0n) is 17.5. The van der Waals surface area contributed by atoms with Gasteiger partial charge in [-0.25, -0.2) is 0 Å². The van der Waals surface area contributed by atoms with E-state index in [0.29, 0.717) is 41.7 Å². The predicted molar refractivity (Wildman–Crippen MR) is 103 cm³/mol. The highest BCUT2D eigenvalue weighted by Gasteiger charge is 2.62. The molecular formula is C21H39N3O. The van der Waals surface area contributed by atoms with Gasteiger partial charge in [-0.1, -0.05) is 34.6 Å². The molecule has 2 N–H and O–H groups in total. The quantitative estimate of drug-likeness (QED) is 0.805. The van der Waals surface area contributed by atoms with Crippen molar-refractivity contribution in [3.63, 3.8) is 0 Å². The zero-order valence-corrected chi connectivity index (χ0v) is 17.5. The number of carbonyl (C=O) groups excluding carboxylic acids is 1. The molecule has 6 unspecified atom stereocenters. The van der Waals surface area contributed by atoms with E-state index in [-0.39, 0.29) is 17.0 Å². The van der Waals surface area contributed by atoms with Crippen LogP contribution in [0.5, 0.6) is 0 Å². The molecule has 3 heterocycles. The summed E-state index contributed by atoms with van der Waals surface area (Å²) in [6.45, 7) is 19.9. The molecule has 0 radical (unpaired) electrons. The number of Topliss-reactive ketones (excluding diaryl/α,β-unsaturated/α-hetero) is 1. The summed E-state index contributed by atoms with van der Waals surface area (Å²) in [6, 6.07) is 0.582. The highest BCUT2D eigenvalue weighted by atomic mass is 16.1. The lowest BCUT2D eigenvalue weighted by atomic mass is 9.69. The lowest BCUT2D eigenvalue weighted by Gasteiger charge is -2.44. The minimum Gasteiger partial charge on any atom is -0.315 e. The molecule has 4 heteroatoms. The van der Waals surface area contributed by atoms with Crippen LogP contribution in [-0.2, 0) is 4.79 Å². The summed E-state index contributed by atoms with van der Waals surface area (Å²) in [5, 5.41) is 7.50. The molecule has 0 aromatic rings. The molecule has 3 aliphatic rings. The molecule has 0 bridgehead atoms. The van der Waals surface area contributed by atoms with E-state index in [0.717, 1.165) is 13.1 Å². The Morgan fingerprint density at radius 3 is 2.28 bits per heavy atom. The van der Waals surface area contributed by atoms with E-state index in [1.165, 1.54) is 6.42 Å². The zero-order chi connectivity index (χ0) is 18.7. The minimum absolute atomic E-state index is 0.0218. The predicted octanol–water partition coefficient (Wildman–Crippen LogP) is 2.88. The topological polar surface area (TPSA) is 44.4 Å². The molecule has 25 heavy (non-hydrogen) atoms. The molecule has 3 saturated heterocycles. The molecule has 4 nitrogen and oxygen atoms in total. The molecule has 0 saturated carbocycles. The van der Waals surface area contributed by atoms with Gasteiger partial charge in [-0.05, 0) is 57.4 Å². The first-order valence-corrected chi connectivity index (χ1v) is 10.2. The van der Waals surface area contributed by atoms with Crippen LogP contribution in [0.3, 0.4) is 0 Å². The number of hydrogen-bond acceptors (Lipinski definition) is 4. The summed E-state index contributed by atoms with van der Waals surface area (Å²) in [5.41, 5.74) is -0.320. The van der Waals surface area contributed by atoms with Gasteiger partial charge < -0.3 is 5.32 Å². The Balaban J connectivity index is 2.06. The van der Waals surface area contributed by atoms with Crippen LogP contribution >= 0.6 is 0 Å². The molecule has 0 amide bonds. The molecular weight excluding hydrogens is 310 g/mol. The fourth-order valence-electron chi connectivity index (χ4n) is 5.81. The van der Waals surface area contributed by atoms with E-state index < -0.39 is 0 Å². The Morgan fingerprint density at radius 1 is 1.12 bits per heavy atom. The number of nitrogens with zero attached hydrogens (tertiary/aromatic N) is 1. The number of likely N-dealkylation sites (tertiary alicyclic amines) is 1. The van der Waals surface area contributed by atoms with Crippen molar-refractivity contribution in [2.75, 3.05) is 13.1 Å². The molecule has 0 aliphatic carbocycles. The second-order valence-electron chi connectivity index (χ2n) is 10.9. The van der Waals surface area contributed by atoms with Crippen LogP contribution in [0.4, 0.5) is 0 Å². The van der Waals surface area contributed by atoms with E-state index in [1.807, 2.05) is 0 Å². The van der Waals surface area contributed by atoms with Crippen LogP contribution in [0, 0.1) is 29.1 Å².